The van der Waals surface area contributed by atoms with Gasteiger partial charge in [-0.3, -0.25) is 11.3 Å². The van der Waals surface area contributed by atoms with Gasteiger partial charge in [-0.05, 0) is 41.8 Å². The van der Waals surface area contributed by atoms with Crippen molar-refractivity contribution in [2.24, 2.45) is 5.84 Å². The van der Waals surface area contributed by atoms with E-state index in [1.165, 1.54) is 6.07 Å². The monoisotopic (exact) mass is 307 g/mol. The first-order valence-corrected chi connectivity index (χ1v) is 7.06. The Morgan fingerprint density at radius 3 is 2.62 bits per heavy atom. The Morgan fingerprint density at radius 1 is 1.24 bits per heavy atom. The van der Waals surface area contributed by atoms with Crippen molar-refractivity contribution < 1.29 is 4.39 Å². The van der Waals surface area contributed by atoms with Crippen molar-refractivity contribution in [2.75, 3.05) is 19.0 Å². The summed E-state index contributed by atoms with van der Waals surface area (Å²) >= 11 is 5.77. The van der Waals surface area contributed by atoms with Crippen LogP contribution in [0.5, 0.6) is 0 Å². The van der Waals surface area contributed by atoms with Gasteiger partial charge in [0.1, 0.15) is 5.82 Å². The van der Waals surface area contributed by atoms with Crippen molar-refractivity contribution in [2.45, 2.75) is 12.5 Å². The predicted molar refractivity (Wildman–Crippen MR) is 85.9 cm³/mol. The van der Waals surface area contributed by atoms with Gasteiger partial charge >= 0.3 is 0 Å². The fourth-order valence-electron chi connectivity index (χ4n) is 2.20. The Kier molecular flexibility index (Phi) is 5.17. The molecule has 0 aliphatic heterocycles. The van der Waals surface area contributed by atoms with Gasteiger partial charge in [-0.1, -0.05) is 29.8 Å². The molecule has 2 aromatic rings. The van der Waals surface area contributed by atoms with Crippen molar-refractivity contribution in [3.63, 3.8) is 0 Å². The lowest BCUT2D eigenvalue weighted by Gasteiger charge is -2.20. The number of hydrogen-bond donors (Lipinski definition) is 2. The van der Waals surface area contributed by atoms with Gasteiger partial charge in [-0.15, -0.1) is 0 Å². The van der Waals surface area contributed by atoms with Gasteiger partial charge in [0, 0.05) is 24.8 Å². The van der Waals surface area contributed by atoms with Crippen molar-refractivity contribution in [3.05, 3.63) is 64.4 Å². The second kappa shape index (κ2) is 6.89. The van der Waals surface area contributed by atoms with E-state index in [1.54, 1.807) is 12.1 Å². The number of benzene rings is 2. The van der Waals surface area contributed by atoms with E-state index in [-0.39, 0.29) is 11.9 Å². The van der Waals surface area contributed by atoms with E-state index < -0.39 is 0 Å². The summed E-state index contributed by atoms with van der Waals surface area (Å²) < 4.78 is 13.9. The third-order valence-corrected chi connectivity index (χ3v) is 3.66. The molecule has 5 heteroatoms. The average Bonchev–Trinajstić information content (AvgIpc) is 2.46. The molecule has 0 saturated heterocycles. The molecule has 0 radical (unpaired) electrons. The molecule has 3 N–H and O–H groups in total. The maximum atomic E-state index is 13.9. The largest absolute Gasteiger partial charge is 0.378 e. The molecule has 112 valence electrons. The average molecular weight is 308 g/mol. The van der Waals surface area contributed by atoms with Crippen LogP contribution in [0, 0.1) is 5.82 Å². The first-order valence-electron chi connectivity index (χ1n) is 6.68. The highest BCUT2D eigenvalue weighted by atomic mass is 35.5. The van der Waals surface area contributed by atoms with Gasteiger partial charge in [0.25, 0.3) is 0 Å². The molecule has 1 atom stereocenters. The van der Waals surface area contributed by atoms with E-state index in [0.29, 0.717) is 17.0 Å². The lowest BCUT2D eigenvalue weighted by molar-refractivity contribution is 0.529. The van der Waals surface area contributed by atoms with E-state index in [1.807, 2.05) is 43.3 Å². The lowest BCUT2D eigenvalue weighted by atomic mass is 9.98. The molecule has 0 fully saturated rings. The predicted octanol–water partition coefficient (Wildman–Crippen LogP) is 3.29. The third-order valence-electron chi connectivity index (χ3n) is 3.43. The Bertz CT molecular complexity index is 616. The number of anilines is 1. The number of rotatable bonds is 5. The third kappa shape index (κ3) is 3.94. The molecular formula is C16H19ClFN3. The zero-order valence-corrected chi connectivity index (χ0v) is 12.9. The number of nitrogens with one attached hydrogen (secondary N) is 1. The van der Waals surface area contributed by atoms with Crippen LogP contribution in [0.2, 0.25) is 5.02 Å². The molecule has 2 rings (SSSR count). The van der Waals surface area contributed by atoms with Gasteiger partial charge in [0.2, 0.25) is 0 Å². The zero-order chi connectivity index (χ0) is 15.4. The number of nitrogens with two attached hydrogens (primary N) is 1. The molecule has 0 amide bonds. The summed E-state index contributed by atoms with van der Waals surface area (Å²) in [6, 6.07) is 12.5. The lowest BCUT2D eigenvalue weighted by Crippen LogP contribution is -2.30. The molecule has 21 heavy (non-hydrogen) atoms. The van der Waals surface area contributed by atoms with Gasteiger partial charge in [0.05, 0.1) is 6.04 Å². The van der Waals surface area contributed by atoms with Crippen LogP contribution in [0.25, 0.3) is 0 Å². The van der Waals surface area contributed by atoms with Crippen LogP contribution in [0.15, 0.2) is 42.5 Å². The van der Waals surface area contributed by atoms with Gasteiger partial charge < -0.3 is 4.90 Å². The quantitative estimate of drug-likeness (QED) is 0.658. The Labute approximate surface area is 129 Å². The minimum atomic E-state index is -0.313. The first-order chi connectivity index (χ1) is 10.0. The maximum absolute atomic E-state index is 13.9. The topological polar surface area (TPSA) is 41.3 Å². The zero-order valence-electron chi connectivity index (χ0n) is 12.1. The summed E-state index contributed by atoms with van der Waals surface area (Å²) in [6.45, 7) is 0. The van der Waals surface area contributed by atoms with Gasteiger partial charge in [-0.2, -0.15) is 0 Å². The van der Waals surface area contributed by atoms with Crippen molar-refractivity contribution in [3.8, 4) is 0 Å². The summed E-state index contributed by atoms with van der Waals surface area (Å²) in [5.74, 6) is 5.33. The summed E-state index contributed by atoms with van der Waals surface area (Å²) in [5.41, 5.74) is 5.42. The van der Waals surface area contributed by atoms with Crippen LogP contribution in [-0.4, -0.2) is 14.1 Å². The highest BCUT2D eigenvalue weighted by Crippen LogP contribution is 2.24. The van der Waals surface area contributed by atoms with E-state index in [0.717, 1.165) is 11.3 Å². The molecule has 0 aliphatic carbocycles. The number of hydrogen-bond acceptors (Lipinski definition) is 3. The molecule has 3 nitrogen and oxygen atoms in total. The highest BCUT2D eigenvalue weighted by molar-refractivity contribution is 6.30. The summed E-state index contributed by atoms with van der Waals surface area (Å²) in [7, 11) is 3.95. The van der Waals surface area contributed by atoms with E-state index in [9.17, 15) is 4.39 Å². The van der Waals surface area contributed by atoms with Crippen LogP contribution >= 0.6 is 11.6 Å². The van der Waals surface area contributed by atoms with Crippen LogP contribution in [0.1, 0.15) is 17.2 Å². The fraction of sp³-hybridized carbons (Fsp3) is 0.250. The Balaban J connectivity index is 2.25. The maximum Gasteiger partial charge on any atom is 0.127 e. The van der Waals surface area contributed by atoms with Crippen LogP contribution in [0.3, 0.4) is 0 Å². The molecule has 1 unspecified atom stereocenters. The smallest absolute Gasteiger partial charge is 0.127 e. The van der Waals surface area contributed by atoms with E-state index in [4.69, 9.17) is 17.4 Å². The second-order valence-corrected chi connectivity index (χ2v) is 5.58. The molecule has 0 bridgehead atoms. The molecule has 0 aliphatic rings. The first kappa shape index (κ1) is 15.8. The number of halogens is 2. The molecule has 2 aromatic carbocycles. The van der Waals surface area contributed by atoms with Crippen molar-refractivity contribution in [1.29, 1.82) is 0 Å². The Hall–Kier alpha value is -1.62. The summed E-state index contributed by atoms with van der Waals surface area (Å²) in [5, 5.41) is 0.392. The van der Waals surface area contributed by atoms with Crippen LogP contribution < -0.4 is 16.2 Å². The normalized spacial score (nSPS) is 12.2. The summed E-state index contributed by atoms with van der Waals surface area (Å²) in [6.07, 6.45) is 0.455. The molecule has 0 spiro atoms. The second-order valence-electron chi connectivity index (χ2n) is 5.15. The molecular weight excluding hydrogens is 289 g/mol. The summed E-state index contributed by atoms with van der Waals surface area (Å²) in [4.78, 5) is 2.01. The van der Waals surface area contributed by atoms with Crippen molar-refractivity contribution >= 4 is 17.3 Å². The molecule has 0 saturated carbocycles. The number of nitrogens with zero attached hydrogens (tertiary/aromatic N) is 1. The van der Waals surface area contributed by atoms with E-state index >= 15 is 0 Å². The minimum Gasteiger partial charge on any atom is -0.378 e. The van der Waals surface area contributed by atoms with Crippen LogP contribution in [-0.2, 0) is 6.42 Å². The fourth-order valence-corrected chi connectivity index (χ4v) is 2.36. The van der Waals surface area contributed by atoms with Crippen molar-refractivity contribution in [1.82, 2.24) is 5.43 Å². The molecule has 0 heterocycles. The molecule has 0 aromatic heterocycles. The highest BCUT2D eigenvalue weighted by Gasteiger charge is 2.14. The SMILES string of the molecule is CN(C)c1cccc(C(Cc2ccc(Cl)cc2F)NN)c1. The van der Waals surface area contributed by atoms with Gasteiger partial charge in [-0.25, -0.2) is 4.39 Å². The standard InChI is InChI=1S/C16H19ClFN3/c1-21(2)14-5-3-4-12(8-14)16(20-19)9-11-6-7-13(17)10-15(11)18/h3-8,10,16,20H,9,19H2,1-2H3. The van der Waals surface area contributed by atoms with Crippen LogP contribution in [0.4, 0.5) is 10.1 Å². The van der Waals surface area contributed by atoms with E-state index in [2.05, 4.69) is 5.43 Å². The number of hydrazine groups is 1. The van der Waals surface area contributed by atoms with Gasteiger partial charge in [0.15, 0.2) is 0 Å². The minimum absolute atomic E-state index is 0.166. The Morgan fingerprint density at radius 2 is 2.00 bits per heavy atom.